The van der Waals surface area contributed by atoms with Crippen molar-refractivity contribution in [1.82, 2.24) is 0 Å². The number of carbonyl (C=O) groups excluding carboxylic acids is 1. The van der Waals surface area contributed by atoms with Crippen molar-refractivity contribution in [1.29, 1.82) is 0 Å². The van der Waals surface area contributed by atoms with Crippen LogP contribution in [-0.4, -0.2) is 21.9 Å². The molecular weight excluding hydrogens is 364 g/mol. The summed E-state index contributed by atoms with van der Waals surface area (Å²) in [6.45, 7) is 0. The predicted octanol–water partition coefficient (Wildman–Crippen LogP) is 4.34. The molecule has 0 bridgehead atoms. The number of aromatic carboxylic acids is 1. The van der Waals surface area contributed by atoms with Crippen LogP contribution in [0.4, 0.5) is 11.4 Å². The van der Waals surface area contributed by atoms with Crippen molar-refractivity contribution in [2.45, 2.75) is 0 Å². The Morgan fingerprint density at radius 1 is 0.857 bits per heavy atom. The van der Waals surface area contributed by atoms with E-state index in [2.05, 4.69) is 5.32 Å². The Hall–Kier alpha value is -4.20. The second kappa shape index (κ2) is 8.00. The Labute approximate surface area is 159 Å². The van der Waals surface area contributed by atoms with Gasteiger partial charge in [0.1, 0.15) is 11.5 Å². The fourth-order valence-electron chi connectivity index (χ4n) is 2.44. The van der Waals surface area contributed by atoms with E-state index in [1.807, 2.05) is 0 Å². The van der Waals surface area contributed by atoms with Crippen LogP contribution in [0.3, 0.4) is 0 Å². The van der Waals surface area contributed by atoms with E-state index in [9.17, 15) is 24.8 Å². The number of hydrogen-bond donors (Lipinski definition) is 2. The van der Waals surface area contributed by atoms with Gasteiger partial charge in [0.2, 0.25) is 0 Å². The first-order chi connectivity index (χ1) is 13.4. The van der Waals surface area contributed by atoms with Gasteiger partial charge in [0.05, 0.1) is 16.1 Å². The van der Waals surface area contributed by atoms with E-state index < -0.39 is 16.8 Å². The largest absolute Gasteiger partial charge is 0.478 e. The molecule has 0 aromatic heterocycles. The number of rotatable bonds is 6. The molecule has 0 aliphatic heterocycles. The number of carboxylic acids is 1. The summed E-state index contributed by atoms with van der Waals surface area (Å²) in [5.74, 6) is -0.824. The molecule has 3 aromatic carbocycles. The number of ether oxygens (including phenoxy) is 1. The number of amides is 1. The third-order valence-corrected chi connectivity index (χ3v) is 3.80. The third-order valence-electron chi connectivity index (χ3n) is 3.80. The smallest absolute Gasteiger partial charge is 0.336 e. The minimum Gasteiger partial charge on any atom is -0.478 e. The number of nitro benzene ring substituents is 1. The van der Waals surface area contributed by atoms with Crippen LogP contribution in [0.25, 0.3) is 0 Å². The highest BCUT2D eigenvalue weighted by Crippen LogP contribution is 2.25. The van der Waals surface area contributed by atoms with E-state index in [-0.39, 0.29) is 16.8 Å². The van der Waals surface area contributed by atoms with Gasteiger partial charge in [0, 0.05) is 17.8 Å². The standard InChI is InChI=1S/C20H14N2O6/c23-19(17-3-1-2-4-18(17)20(24)25)21-13-5-9-15(10-6-13)28-16-11-7-14(8-12-16)22(26)27/h1-12H,(H,21,23)(H,24,25). The predicted molar refractivity (Wildman–Crippen MR) is 101 cm³/mol. The Balaban J connectivity index is 1.68. The number of non-ortho nitro benzene ring substituents is 1. The molecule has 0 heterocycles. The molecule has 28 heavy (non-hydrogen) atoms. The second-order valence-corrected chi connectivity index (χ2v) is 5.68. The molecule has 3 aromatic rings. The highest BCUT2D eigenvalue weighted by Gasteiger charge is 2.15. The van der Waals surface area contributed by atoms with Gasteiger partial charge in [-0.05, 0) is 48.5 Å². The lowest BCUT2D eigenvalue weighted by Gasteiger charge is -2.09. The average Bonchev–Trinajstić information content (AvgIpc) is 2.70. The monoisotopic (exact) mass is 378 g/mol. The molecule has 0 saturated carbocycles. The first kappa shape index (κ1) is 18.6. The maximum Gasteiger partial charge on any atom is 0.336 e. The third kappa shape index (κ3) is 4.31. The van der Waals surface area contributed by atoms with Gasteiger partial charge in [0.15, 0.2) is 0 Å². The Morgan fingerprint density at radius 3 is 1.93 bits per heavy atom. The number of nitrogens with zero attached hydrogens (tertiary/aromatic N) is 1. The fraction of sp³-hybridized carbons (Fsp3) is 0. The number of nitro groups is 1. The van der Waals surface area contributed by atoms with Gasteiger partial charge in [-0.3, -0.25) is 14.9 Å². The highest BCUT2D eigenvalue weighted by molar-refractivity contribution is 6.10. The van der Waals surface area contributed by atoms with Gasteiger partial charge in [-0.15, -0.1) is 0 Å². The van der Waals surface area contributed by atoms with Gasteiger partial charge < -0.3 is 15.2 Å². The number of anilines is 1. The lowest BCUT2D eigenvalue weighted by molar-refractivity contribution is -0.384. The maximum absolute atomic E-state index is 12.3. The van der Waals surface area contributed by atoms with Gasteiger partial charge >= 0.3 is 5.97 Å². The quantitative estimate of drug-likeness (QED) is 0.486. The van der Waals surface area contributed by atoms with Crippen LogP contribution in [0.2, 0.25) is 0 Å². The molecule has 0 fully saturated rings. The zero-order chi connectivity index (χ0) is 20.1. The minimum atomic E-state index is -1.18. The molecule has 3 rings (SSSR count). The Bertz CT molecular complexity index is 1030. The molecule has 0 saturated heterocycles. The zero-order valence-corrected chi connectivity index (χ0v) is 14.4. The SMILES string of the molecule is O=C(O)c1ccccc1C(=O)Nc1ccc(Oc2ccc([N+](=O)[O-])cc2)cc1. The van der Waals surface area contributed by atoms with Crippen molar-refractivity contribution < 1.29 is 24.4 Å². The van der Waals surface area contributed by atoms with Crippen LogP contribution < -0.4 is 10.1 Å². The Kier molecular flexibility index (Phi) is 5.31. The van der Waals surface area contributed by atoms with Crippen LogP contribution in [-0.2, 0) is 0 Å². The number of carbonyl (C=O) groups is 2. The minimum absolute atomic E-state index is 0.0351. The van der Waals surface area contributed by atoms with Gasteiger partial charge in [-0.2, -0.15) is 0 Å². The number of benzene rings is 3. The van der Waals surface area contributed by atoms with E-state index in [4.69, 9.17) is 4.74 Å². The number of hydrogen-bond acceptors (Lipinski definition) is 5. The first-order valence-electron chi connectivity index (χ1n) is 8.10. The molecule has 0 aliphatic rings. The van der Waals surface area contributed by atoms with Gasteiger partial charge in [0.25, 0.3) is 11.6 Å². The molecule has 8 heteroatoms. The van der Waals surface area contributed by atoms with Crippen LogP contribution in [0, 0.1) is 10.1 Å². The van der Waals surface area contributed by atoms with E-state index in [1.54, 1.807) is 36.4 Å². The van der Waals surface area contributed by atoms with Crippen molar-refractivity contribution in [3.05, 3.63) is 94.0 Å². The normalized spacial score (nSPS) is 10.1. The summed E-state index contributed by atoms with van der Waals surface area (Å²) in [5, 5.41) is 22.5. The molecule has 2 N–H and O–H groups in total. The molecule has 140 valence electrons. The van der Waals surface area contributed by atoms with Gasteiger partial charge in [-0.25, -0.2) is 4.79 Å². The molecule has 8 nitrogen and oxygen atoms in total. The molecule has 1 amide bonds. The molecular formula is C20H14N2O6. The van der Waals surface area contributed by atoms with Crippen molar-refractivity contribution in [3.63, 3.8) is 0 Å². The lowest BCUT2D eigenvalue weighted by Crippen LogP contribution is -2.16. The van der Waals surface area contributed by atoms with E-state index in [1.165, 1.54) is 36.4 Å². The Morgan fingerprint density at radius 2 is 1.39 bits per heavy atom. The molecule has 0 atom stereocenters. The van der Waals surface area contributed by atoms with Crippen molar-refractivity contribution in [2.24, 2.45) is 0 Å². The summed E-state index contributed by atoms with van der Waals surface area (Å²) >= 11 is 0. The van der Waals surface area contributed by atoms with Gasteiger partial charge in [-0.1, -0.05) is 12.1 Å². The van der Waals surface area contributed by atoms with E-state index in [0.29, 0.717) is 17.2 Å². The fourth-order valence-corrected chi connectivity index (χ4v) is 2.44. The maximum atomic E-state index is 12.3. The van der Waals surface area contributed by atoms with Crippen LogP contribution in [0.15, 0.2) is 72.8 Å². The summed E-state index contributed by atoms with van der Waals surface area (Å²) < 4.78 is 5.60. The number of carboxylic acid groups (broad SMARTS) is 1. The molecule has 0 radical (unpaired) electrons. The zero-order valence-electron chi connectivity index (χ0n) is 14.4. The summed E-state index contributed by atoms with van der Waals surface area (Å²) in [6.07, 6.45) is 0. The van der Waals surface area contributed by atoms with Crippen molar-refractivity contribution in [3.8, 4) is 11.5 Å². The molecule has 0 spiro atoms. The topological polar surface area (TPSA) is 119 Å². The molecule has 0 unspecified atom stereocenters. The number of nitrogens with one attached hydrogen (secondary N) is 1. The van der Waals surface area contributed by atoms with Crippen LogP contribution >= 0.6 is 0 Å². The van der Waals surface area contributed by atoms with E-state index in [0.717, 1.165) is 0 Å². The summed E-state index contributed by atoms with van der Waals surface area (Å²) in [5.41, 5.74) is 0.396. The molecule has 0 aliphatic carbocycles. The summed E-state index contributed by atoms with van der Waals surface area (Å²) in [4.78, 5) is 33.7. The first-order valence-corrected chi connectivity index (χ1v) is 8.10. The van der Waals surface area contributed by atoms with Crippen LogP contribution in [0.1, 0.15) is 20.7 Å². The lowest BCUT2D eigenvalue weighted by atomic mass is 10.1. The van der Waals surface area contributed by atoms with Crippen LogP contribution in [0.5, 0.6) is 11.5 Å². The van der Waals surface area contributed by atoms with Crippen molar-refractivity contribution >= 4 is 23.3 Å². The highest BCUT2D eigenvalue weighted by atomic mass is 16.6. The van der Waals surface area contributed by atoms with E-state index >= 15 is 0 Å². The average molecular weight is 378 g/mol. The second-order valence-electron chi connectivity index (χ2n) is 5.68. The van der Waals surface area contributed by atoms with Crippen molar-refractivity contribution in [2.75, 3.05) is 5.32 Å². The summed E-state index contributed by atoms with van der Waals surface area (Å²) in [6, 6.07) is 18.0. The summed E-state index contributed by atoms with van der Waals surface area (Å²) in [7, 11) is 0.